The number of H-pyrrole nitrogens is 1. The molecule has 1 aliphatic rings. The predicted octanol–water partition coefficient (Wildman–Crippen LogP) is 2.57. The van der Waals surface area contributed by atoms with Gasteiger partial charge in [0.1, 0.15) is 0 Å². The van der Waals surface area contributed by atoms with E-state index in [1.807, 2.05) is 18.3 Å². The highest BCUT2D eigenvalue weighted by atomic mass is 35.5. The maximum Gasteiger partial charge on any atom is 0.220 e. The Labute approximate surface area is 128 Å². The Morgan fingerprint density at radius 1 is 1.48 bits per heavy atom. The van der Waals surface area contributed by atoms with Crippen molar-refractivity contribution >= 4 is 34.1 Å². The molecule has 5 nitrogen and oxygen atoms in total. The normalized spacial score (nSPS) is 16.4. The van der Waals surface area contributed by atoms with Crippen LogP contribution in [-0.2, 0) is 4.79 Å². The van der Waals surface area contributed by atoms with Crippen molar-refractivity contribution < 1.29 is 4.79 Å². The van der Waals surface area contributed by atoms with Gasteiger partial charge < -0.3 is 10.2 Å². The summed E-state index contributed by atoms with van der Waals surface area (Å²) >= 11 is 6.19. The Balaban J connectivity index is 1.74. The van der Waals surface area contributed by atoms with Crippen LogP contribution in [0.15, 0.2) is 18.3 Å². The first-order chi connectivity index (χ1) is 10.2. The molecule has 3 rings (SSSR count). The number of fused-ring (bicyclic) bond motifs is 1. The molecule has 0 aliphatic carbocycles. The van der Waals surface area contributed by atoms with Crippen molar-refractivity contribution in [2.24, 2.45) is 5.92 Å². The van der Waals surface area contributed by atoms with Gasteiger partial charge in [0.2, 0.25) is 5.91 Å². The van der Waals surface area contributed by atoms with Crippen molar-refractivity contribution in [2.75, 3.05) is 25.0 Å². The van der Waals surface area contributed by atoms with Gasteiger partial charge in [0.15, 0.2) is 0 Å². The van der Waals surface area contributed by atoms with E-state index in [9.17, 15) is 4.79 Å². The lowest BCUT2D eigenvalue weighted by Gasteiger charge is -2.33. The number of rotatable bonds is 3. The molecule has 112 valence electrons. The quantitative estimate of drug-likeness (QED) is 0.916. The van der Waals surface area contributed by atoms with E-state index < -0.39 is 0 Å². The zero-order valence-corrected chi connectivity index (χ0v) is 12.8. The number of hydrogen-bond acceptors (Lipinski definition) is 3. The Morgan fingerprint density at radius 3 is 2.95 bits per heavy atom. The summed E-state index contributed by atoms with van der Waals surface area (Å²) in [6.07, 6.45) is 4.52. The first-order valence-corrected chi connectivity index (χ1v) is 7.63. The lowest BCUT2D eigenvalue weighted by molar-refractivity contribution is -0.121. The summed E-state index contributed by atoms with van der Waals surface area (Å²) in [6, 6.07) is 3.89. The summed E-state index contributed by atoms with van der Waals surface area (Å²) in [6.45, 7) is 1.89. The third-order valence-electron chi connectivity index (χ3n) is 4.21. The van der Waals surface area contributed by atoms with Crippen LogP contribution < -0.4 is 10.2 Å². The molecule has 6 heteroatoms. The number of carbonyl (C=O) groups is 1. The number of nitrogens with one attached hydrogen (secondary N) is 2. The molecule has 1 aromatic heterocycles. The van der Waals surface area contributed by atoms with Gasteiger partial charge in [-0.2, -0.15) is 5.10 Å². The highest BCUT2D eigenvalue weighted by molar-refractivity contribution is 6.31. The van der Waals surface area contributed by atoms with Gasteiger partial charge in [0, 0.05) is 42.7 Å². The van der Waals surface area contributed by atoms with E-state index in [0.717, 1.165) is 42.5 Å². The van der Waals surface area contributed by atoms with Crippen LogP contribution in [0.4, 0.5) is 5.69 Å². The number of aromatic amines is 1. The third kappa shape index (κ3) is 2.97. The molecule has 1 saturated heterocycles. The van der Waals surface area contributed by atoms with Crippen LogP contribution in [0.5, 0.6) is 0 Å². The molecule has 1 aromatic carbocycles. The molecule has 1 amide bonds. The summed E-state index contributed by atoms with van der Waals surface area (Å²) in [7, 11) is 1.69. The van der Waals surface area contributed by atoms with Gasteiger partial charge in [-0.3, -0.25) is 9.89 Å². The number of piperidine rings is 1. The van der Waals surface area contributed by atoms with Gasteiger partial charge >= 0.3 is 0 Å². The molecule has 0 radical (unpaired) electrons. The van der Waals surface area contributed by atoms with Crippen LogP contribution in [-0.4, -0.2) is 36.2 Å². The number of benzene rings is 1. The Morgan fingerprint density at radius 2 is 2.24 bits per heavy atom. The lowest BCUT2D eigenvalue weighted by Crippen LogP contribution is -2.35. The zero-order chi connectivity index (χ0) is 14.8. The van der Waals surface area contributed by atoms with E-state index in [1.165, 1.54) is 0 Å². The molecule has 1 fully saturated rings. The van der Waals surface area contributed by atoms with Crippen molar-refractivity contribution in [2.45, 2.75) is 19.3 Å². The number of hydrogen-bond donors (Lipinski definition) is 2. The van der Waals surface area contributed by atoms with Crippen molar-refractivity contribution in [1.29, 1.82) is 0 Å². The highest BCUT2D eigenvalue weighted by Crippen LogP contribution is 2.32. The molecule has 0 saturated carbocycles. The minimum Gasteiger partial charge on any atom is -0.371 e. The molecular weight excluding hydrogens is 288 g/mol. The third-order valence-corrected chi connectivity index (χ3v) is 4.43. The van der Waals surface area contributed by atoms with Gasteiger partial charge in [0.25, 0.3) is 0 Å². The number of halogens is 1. The highest BCUT2D eigenvalue weighted by Gasteiger charge is 2.22. The Kier molecular flexibility index (Phi) is 4.01. The molecule has 0 bridgehead atoms. The molecule has 0 unspecified atom stereocenters. The predicted molar refractivity (Wildman–Crippen MR) is 84.7 cm³/mol. The second kappa shape index (κ2) is 5.93. The average molecular weight is 307 g/mol. The summed E-state index contributed by atoms with van der Waals surface area (Å²) in [5.74, 6) is 0.605. The van der Waals surface area contributed by atoms with E-state index in [-0.39, 0.29) is 5.91 Å². The van der Waals surface area contributed by atoms with Crippen LogP contribution in [0.1, 0.15) is 19.3 Å². The molecule has 2 heterocycles. The molecule has 0 atom stereocenters. The molecule has 21 heavy (non-hydrogen) atoms. The fourth-order valence-electron chi connectivity index (χ4n) is 3.00. The number of amides is 1. The minimum atomic E-state index is 0.133. The van der Waals surface area contributed by atoms with E-state index in [4.69, 9.17) is 11.6 Å². The Hall–Kier alpha value is -1.75. The first-order valence-electron chi connectivity index (χ1n) is 7.25. The number of anilines is 1. The van der Waals surface area contributed by atoms with Crippen molar-refractivity contribution in [3.05, 3.63) is 23.4 Å². The topological polar surface area (TPSA) is 61.0 Å². The number of aromatic nitrogens is 2. The van der Waals surface area contributed by atoms with Crippen molar-refractivity contribution in [3.63, 3.8) is 0 Å². The van der Waals surface area contributed by atoms with Gasteiger partial charge in [-0.05, 0) is 30.9 Å². The van der Waals surface area contributed by atoms with Crippen LogP contribution in [0.2, 0.25) is 5.02 Å². The summed E-state index contributed by atoms with van der Waals surface area (Å²) in [4.78, 5) is 13.8. The maximum absolute atomic E-state index is 11.5. The van der Waals surface area contributed by atoms with Crippen molar-refractivity contribution in [1.82, 2.24) is 15.5 Å². The average Bonchev–Trinajstić information content (AvgIpc) is 2.95. The summed E-state index contributed by atoms with van der Waals surface area (Å²) < 4.78 is 0. The van der Waals surface area contributed by atoms with E-state index in [0.29, 0.717) is 17.4 Å². The SMILES string of the molecule is CNC(=O)CC1CCN(c2cc(Cl)cc3[nH]ncc23)CC1. The van der Waals surface area contributed by atoms with Crippen LogP contribution >= 0.6 is 11.6 Å². The van der Waals surface area contributed by atoms with Gasteiger partial charge in [-0.1, -0.05) is 11.6 Å². The first kappa shape index (κ1) is 14.2. The summed E-state index contributed by atoms with van der Waals surface area (Å²) in [5.41, 5.74) is 2.09. The standard InChI is InChI=1S/C15H19ClN4O/c1-17-15(21)6-10-2-4-20(5-3-10)14-8-11(16)7-13-12(14)9-18-19-13/h7-10H,2-6H2,1H3,(H,17,21)(H,18,19). The molecule has 0 spiro atoms. The van der Waals surface area contributed by atoms with E-state index in [1.54, 1.807) is 7.05 Å². The fraction of sp³-hybridized carbons (Fsp3) is 0.467. The van der Waals surface area contributed by atoms with Crippen LogP contribution in [0, 0.1) is 5.92 Å². The molecule has 1 aliphatic heterocycles. The van der Waals surface area contributed by atoms with Gasteiger partial charge in [-0.15, -0.1) is 0 Å². The molecule has 2 N–H and O–H groups in total. The smallest absolute Gasteiger partial charge is 0.220 e. The Bertz CT molecular complexity index is 646. The maximum atomic E-state index is 11.5. The second-order valence-corrected chi connectivity index (χ2v) is 6.00. The van der Waals surface area contributed by atoms with E-state index in [2.05, 4.69) is 20.4 Å². The minimum absolute atomic E-state index is 0.133. The monoisotopic (exact) mass is 306 g/mol. The largest absolute Gasteiger partial charge is 0.371 e. The molecule has 2 aromatic rings. The fourth-order valence-corrected chi connectivity index (χ4v) is 3.21. The van der Waals surface area contributed by atoms with Gasteiger partial charge in [-0.25, -0.2) is 0 Å². The number of carbonyl (C=O) groups excluding carboxylic acids is 1. The molecular formula is C15H19ClN4O. The zero-order valence-electron chi connectivity index (χ0n) is 12.0. The summed E-state index contributed by atoms with van der Waals surface area (Å²) in [5, 5.41) is 11.6. The lowest BCUT2D eigenvalue weighted by atomic mass is 9.92. The van der Waals surface area contributed by atoms with Crippen LogP contribution in [0.3, 0.4) is 0 Å². The van der Waals surface area contributed by atoms with Crippen LogP contribution in [0.25, 0.3) is 10.9 Å². The van der Waals surface area contributed by atoms with Crippen molar-refractivity contribution in [3.8, 4) is 0 Å². The number of nitrogens with zero attached hydrogens (tertiary/aromatic N) is 2. The van der Waals surface area contributed by atoms with E-state index >= 15 is 0 Å². The second-order valence-electron chi connectivity index (χ2n) is 5.56. The van der Waals surface area contributed by atoms with Gasteiger partial charge in [0.05, 0.1) is 11.7 Å².